The van der Waals surface area contributed by atoms with Gasteiger partial charge in [-0.1, -0.05) is 77.1 Å². The van der Waals surface area contributed by atoms with Crippen LogP contribution < -0.4 is 0 Å². The van der Waals surface area contributed by atoms with Gasteiger partial charge in [-0.05, 0) is 28.9 Å². The molecule has 0 nitrogen and oxygen atoms in total. The standard InChI is InChI=1S/C17H26/c1-17(2,3)16-11-9-15(10-12-16)13-14-7-5-4-6-8-14/h9-12,14H,4-8,13H2,1-3H3. The van der Waals surface area contributed by atoms with Crippen molar-refractivity contribution in [2.24, 2.45) is 5.92 Å². The van der Waals surface area contributed by atoms with Crippen molar-refractivity contribution >= 4 is 0 Å². The molecule has 1 saturated carbocycles. The Bertz CT molecular complexity index is 333. The van der Waals surface area contributed by atoms with Crippen LogP contribution in [0.2, 0.25) is 0 Å². The van der Waals surface area contributed by atoms with Gasteiger partial charge in [0, 0.05) is 0 Å². The van der Waals surface area contributed by atoms with E-state index in [1.54, 1.807) is 0 Å². The summed E-state index contributed by atoms with van der Waals surface area (Å²) in [7, 11) is 0. The Hall–Kier alpha value is -0.780. The minimum Gasteiger partial charge on any atom is -0.0587 e. The van der Waals surface area contributed by atoms with Gasteiger partial charge in [-0.2, -0.15) is 0 Å². The van der Waals surface area contributed by atoms with E-state index in [0.29, 0.717) is 0 Å². The molecule has 1 aromatic rings. The highest BCUT2D eigenvalue weighted by Gasteiger charge is 2.15. The van der Waals surface area contributed by atoms with Crippen molar-refractivity contribution in [2.75, 3.05) is 0 Å². The zero-order valence-corrected chi connectivity index (χ0v) is 11.6. The van der Waals surface area contributed by atoms with Crippen LogP contribution in [-0.4, -0.2) is 0 Å². The van der Waals surface area contributed by atoms with E-state index in [0.717, 1.165) is 5.92 Å². The first-order valence-corrected chi connectivity index (χ1v) is 7.15. The van der Waals surface area contributed by atoms with Crippen LogP contribution in [0.4, 0.5) is 0 Å². The lowest BCUT2D eigenvalue weighted by Crippen LogP contribution is -2.12. The smallest absolute Gasteiger partial charge is 0.0132 e. The van der Waals surface area contributed by atoms with Crippen molar-refractivity contribution in [3.63, 3.8) is 0 Å². The van der Waals surface area contributed by atoms with E-state index in [1.807, 2.05) is 0 Å². The molecule has 17 heavy (non-hydrogen) atoms. The van der Waals surface area contributed by atoms with E-state index in [9.17, 15) is 0 Å². The van der Waals surface area contributed by atoms with Crippen LogP contribution in [0.3, 0.4) is 0 Å². The van der Waals surface area contributed by atoms with Gasteiger partial charge in [-0.3, -0.25) is 0 Å². The second kappa shape index (κ2) is 5.25. The van der Waals surface area contributed by atoms with E-state index >= 15 is 0 Å². The Morgan fingerprint density at radius 1 is 0.941 bits per heavy atom. The summed E-state index contributed by atoms with van der Waals surface area (Å²) in [5.74, 6) is 0.948. The number of hydrogen-bond acceptors (Lipinski definition) is 0. The van der Waals surface area contributed by atoms with Crippen molar-refractivity contribution in [3.8, 4) is 0 Å². The van der Waals surface area contributed by atoms with E-state index in [4.69, 9.17) is 0 Å². The molecule has 2 rings (SSSR count). The topological polar surface area (TPSA) is 0 Å². The fraction of sp³-hybridized carbons (Fsp3) is 0.647. The summed E-state index contributed by atoms with van der Waals surface area (Å²) in [6, 6.07) is 9.32. The molecular weight excluding hydrogens is 204 g/mol. The molecule has 0 spiro atoms. The summed E-state index contributed by atoms with van der Waals surface area (Å²) in [5, 5.41) is 0. The molecule has 1 aliphatic carbocycles. The lowest BCUT2D eigenvalue weighted by atomic mass is 9.83. The number of rotatable bonds is 2. The van der Waals surface area contributed by atoms with Crippen molar-refractivity contribution in [1.82, 2.24) is 0 Å². The largest absolute Gasteiger partial charge is 0.0587 e. The van der Waals surface area contributed by atoms with Gasteiger partial charge in [0.15, 0.2) is 0 Å². The third-order valence-electron chi connectivity index (χ3n) is 4.07. The molecule has 1 fully saturated rings. The maximum absolute atomic E-state index is 2.34. The molecular formula is C17H26. The van der Waals surface area contributed by atoms with Gasteiger partial charge in [0.2, 0.25) is 0 Å². The molecule has 0 heteroatoms. The molecule has 0 aromatic heterocycles. The number of hydrogen-bond donors (Lipinski definition) is 0. The van der Waals surface area contributed by atoms with E-state index in [-0.39, 0.29) is 5.41 Å². The third-order valence-corrected chi connectivity index (χ3v) is 4.07. The summed E-state index contributed by atoms with van der Waals surface area (Å²) in [6.45, 7) is 6.84. The fourth-order valence-electron chi connectivity index (χ4n) is 2.87. The highest BCUT2D eigenvalue weighted by atomic mass is 14.2. The SMILES string of the molecule is CC(C)(C)c1ccc(CC2CCCCC2)cc1. The monoisotopic (exact) mass is 230 g/mol. The zero-order valence-electron chi connectivity index (χ0n) is 11.6. The third kappa shape index (κ3) is 3.59. The average molecular weight is 230 g/mol. The summed E-state index contributed by atoms with van der Waals surface area (Å²) in [4.78, 5) is 0. The predicted molar refractivity (Wildman–Crippen MR) is 75.4 cm³/mol. The summed E-state index contributed by atoms with van der Waals surface area (Å²) >= 11 is 0. The van der Waals surface area contributed by atoms with Crippen LogP contribution in [0, 0.1) is 5.92 Å². The van der Waals surface area contributed by atoms with Gasteiger partial charge < -0.3 is 0 Å². The summed E-state index contributed by atoms with van der Waals surface area (Å²) < 4.78 is 0. The highest BCUT2D eigenvalue weighted by molar-refractivity contribution is 5.27. The zero-order chi connectivity index (χ0) is 12.3. The van der Waals surface area contributed by atoms with E-state index in [2.05, 4.69) is 45.0 Å². The minimum absolute atomic E-state index is 0.281. The van der Waals surface area contributed by atoms with Crippen molar-refractivity contribution in [2.45, 2.75) is 64.7 Å². The summed E-state index contributed by atoms with van der Waals surface area (Å²) in [6.07, 6.45) is 8.54. The van der Waals surface area contributed by atoms with Gasteiger partial charge in [0.05, 0.1) is 0 Å². The Labute approximate surface area is 106 Å². The van der Waals surface area contributed by atoms with Gasteiger partial charge in [-0.25, -0.2) is 0 Å². The highest BCUT2D eigenvalue weighted by Crippen LogP contribution is 2.28. The molecule has 1 aromatic carbocycles. The Morgan fingerprint density at radius 3 is 2.06 bits per heavy atom. The molecule has 0 amide bonds. The van der Waals surface area contributed by atoms with Crippen molar-refractivity contribution < 1.29 is 0 Å². The van der Waals surface area contributed by atoms with Gasteiger partial charge >= 0.3 is 0 Å². The fourth-order valence-corrected chi connectivity index (χ4v) is 2.87. The molecule has 0 radical (unpaired) electrons. The van der Waals surface area contributed by atoms with Gasteiger partial charge in [0.1, 0.15) is 0 Å². The minimum atomic E-state index is 0.281. The molecule has 0 unspecified atom stereocenters. The molecule has 0 aliphatic heterocycles. The van der Waals surface area contributed by atoms with E-state index < -0.39 is 0 Å². The summed E-state index contributed by atoms with van der Waals surface area (Å²) in [5.41, 5.74) is 3.26. The van der Waals surface area contributed by atoms with Crippen molar-refractivity contribution in [3.05, 3.63) is 35.4 Å². The first kappa shape index (κ1) is 12.7. The first-order valence-electron chi connectivity index (χ1n) is 7.15. The van der Waals surface area contributed by atoms with Crippen LogP contribution in [0.25, 0.3) is 0 Å². The molecule has 0 N–H and O–H groups in total. The van der Waals surface area contributed by atoms with Crippen LogP contribution in [-0.2, 0) is 11.8 Å². The normalized spacial score (nSPS) is 18.3. The Morgan fingerprint density at radius 2 is 1.53 bits per heavy atom. The van der Waals surface area contributed by atoms with Crippen molar-refractivity contribution in [1.29, 1.82) is 0 Å². The average Bonchev–Trinajstić information content (AvgIpc) is 2.30. The maximum atomic E-state index is 2.34. The quantitative estimate of drug-likeness (QED) is 0.662. The molecule has 94 valence electrons. The molecule has 0 heterocycles. The molecule has 0 bridgehead atoms. The van der Waals surface area contributed by atoms with Crippen LogP contribution in [0.5, 0.6) is 0 Å². The van der Waals surface area contributed by atoms with Gasteiger partial charge in [-0.15, -0.1) is 0 Å². The lowest BCUT2D eigenvalue weighted by molar-refractivity contribution is 0.356. The van der Waals surface area contributed by atoms with Crippen LogP contribution >= 0.6 is 0 Å². The Balaban J connectivity index is 1.98. The van der Waals surface area contributed by atoms with E-state index in [1.165, 1.54) is 49.7 Å². The second-order valence-corrected chi connectivity index (χ2v) is 6.66. The molecule has 0 saturated heterocycles. The van der Waals surface area contributed by atoms with Crippen LogP contribution in [0.1, 0.15) is 64.0 Å². The second-order valence-electron chi connectivity index (χ2n) is 6.66. The number of benzene rings is 1. The van der Waals surface area contributed by atoms with Gasteiger partial charge in [0.25, 0.3) is 0 Å². The molecule has 0 atom stereocenters. The molecule has 1 aliphatic rings. The Kier molecular flexibility index (Phi) is 3.91. The first-order chi connectivity index (χ1) is 8.05. The predicted octanol–water partition coefficient (Wildman–Crippen LogP) is 5.11. The van der Waals surface area contributed by atoms with Crippen LogP contribution in [0.15, 0.2) is 24.3 Å². The lowest BCUT2D eigenvalue weighted by Gasteiger charge is -2.22. The maximum Gasteiger partial charge on any atom is -0.0132 e.